The zero-order valence-electron chi connectivity index (χ0n) is 32.3. The molecule has 10 heteroatoms. The number of phenols is 2. The van der Waals surface area contributed by atoms with E-state index < -0.39 is 11.8 Å². The van der Waals surface area contributed by atoms with Gasteiger partial charge in [-0.25, -0.2) is 0 Å². The number of aryl methyl sites for hydroxylation is 2. The Bertz CT molecular complexity index is 1380. The van der Waals surface area contributed by atoms with Crippen LogP contribution in [0.5, 0.6) is 11.5 Å². The molecule has 0 spiro atoms. The highest BCUT2D eigenvalue weighted by Gasteiger charge is 2.21. The van der Waals surface area contributed by atoms with Gasteiger partial charge < -0.3 is 10.2 Å². The molecule has 2 rings (SSSR count). The number of benzene rings is 2. The van der Waals surface area contributed by atoms with Crippen LogP contribution >= 0.6 is 0 Å². The van der Waals surface area contributed by atoms with E-state index in [1.54, 1.807) is 31.2 Å². The van der Waals surface area contributed by atoms with Gasteiger partial charge in [-0.15, -0.1) is 0 Å². The molecule has 0 aliphatic rings. The lowest BCUT2D eigenvalue weighted by Gasteiger charge is -2.17. The number of nitrogens with one attached hydrogen (secondary N) is 4. The summed E-state index contributed by atoms with van der Waals surface area (Å²) < 4.78 is 0. The summed E-state index contributed by atoms with van der Waals surface area (Å²) in [6.45, 7) is 8.16. The van der Waals surface area contributed by atoms with Gasteiger partial charge in [-0.1, -0.05) is 123 Å². The van der Waals surface area contributed by atoms with Gasteiger partial charge in [0.1, 0.15) is 11.5 Å². The number of hydrogen-bond acceptors (Lipinski definition) is 6. The van der Waals surface area contributed by atoms with E-state index in [-0.39, 0.29) is 46.3 Å². The molecule has 0 aliphatic heterocycles. The Morgan fingerprint density at radius 1 is 0.519 bits per heavy atom. The molecule has 52 heavy (non-hydrogen) atoms. The molecule has 0 saturated carbocycles. The highest BCUT2D eigenvalue weighted by Crippen LogP contribution is 2.23. The number of aromatic hydroxyl groups is 2. The minimum absolute atomic E-state index is 0.101. The van der Waals surface area contributed by atoms with Gasteiger partial charge in [-0.05, 0) is 80.3 Å². The Kier molecular flexibility index (Phi) is 21.9. The zero-order valence-corrected chi connectivity index (χ0v) is 32.3. The van der Waals surface area contributed by atoms with E-state index in [0.717, 1.165) is 56.1 Å². The molecule has 0 aromatic heterocycles. The molecule has 0 fully saturated rings. The summed E-state index contributed by atoms with van der Waals surface area (Å²) in [6, 6.07) is 10.1. The molecule has 0 aliphatic carbocycles. The van der Waals surface area contributed by atoms with E-state index in [2.05, 4.69) is 35.6 Å². The number of rotatable bonds is 25. The summed E-state index contributed by atoms with van der Waals surface area (Å²) in [5, 5.41) is 20.9. The Labute approximate surface area is 312 Å². The normalized spacial score (nSPS) is 12.2. The molecule has 2 unspecified atom stereocenters. The van der Waals surface area contributed by atoms with Crippen LogP contribution in [0.25, 0.3) is 0 Å². The number of hydrazine groups is 2. The maximum Gasteiger partial charge on any atom is 0.273 e. The van der Waals surface area contributed by atoms with Crippen molar-refractivity contribution in [1.82, 2.24) is 21.7 Å². The first kappa shape index (κ1) is 44.1. The van der Waals surface area contributed by atoms with Crippen molar-refractivity contribution in [1.29, 1.82) is 0 Å². The second kappa shape index (κ2) is 25.8. The molecular formula is C42H66N4O6. The second-order valence-corrected chi connectivity index (χ2v) is 14.3. The van der Waals surface area contributed by atoms with Gasteiger partial charge in [0.2, 0.25) is 11.8 Å². The SMILES string of the molecule is CCCCCCCCc1ccc(C(=O)NNC(=O)C(C)CCCCC(CCC)C(=O)NNC(=O)c2ccc(CCCCCCCC)cc2O)c(O)c1. The third-order valence-electron chi connectivity index (χ3n) is 9.75. The van der Waals surface area contributed by atoms with E-state index in [1.807, 2.05) is 19.1 Å². The van der Waals surface area contributed by atoms with Gasteiger partial charge in [0, 0.05) is 11.8 Å². The molecule has 10 nitrogen and oxygen atoms in total. The Balaban J connectivity index is 1.71. The average Bonchev–Trinajstić information content (AvgIpc) is 3.13. The van der Waals surface area contributed by atoms with Gasteiger partial charge in [-0.2, -0.15) is 0 Å². The molecule has 0 bridgehead atoms. The van der Waals surface area contributed by atoms with E-state index in [9.17, 15) is 29.4 Å². The van der Waals surface area contributed by atoms with Crippen molar-refractivity contribution in [3.63, 3.8) is 0 Å². The molecule has 0 radical (unpaired) electrons. The van der Waals surface area contributed by atoms with Crippen molar-refractivity contribution in [3.05, 3.63) is 58.7 Å². The molecule has 6 N–H and O–H groups in total. The van der Waals surface area contributed by atoms with Gasteiger partial charge in [0.15, 0.2) is 0 Å². The average molecular weight is 723 g/mol. The van der Waals surface area contributed by atoms with Gasteiger partial charge >= 0.3 is 0 Å². The first-order chi connectivity index (χ1) is 25.1. The van der Waals surface area contributed by atoms with Gasteiger partial charge in [-0.3, -0.25) is 40.9 Å². The minimum atomic E-state index is -0.583. The maximum absolute atomic E-state index is 12.9. The fourth-order valence-corrected chi connectivity index (χ4v) is 6.39. The molecule has 2 aromatic carbocycles. The van der Waals surface area contributed by atoms with Crippen molar-refractivity contribution >= 4 is 23.6 Å². The van der Waals surface area contributed by atoms with Crippen LogP contribution in [-0.2, 0) is 22.4 Å². The molecule has 0 saturated heterocycles. The van der Waals surface area contributed by atoms with Crippen molar-refractivity contribution in [2.75, 3.05) is 0 Å². The minimum Gasteiger partial charge on any atom is -0.507 e. The van der Waals surface area contributed by atoms with Crippen LogP contribution in [0.2, 0.25) is 0 Å². The summed E-state index contributed by atoms with van der Waals surface area (Å²) in [5.74, 6) is -2.69. The van der Waals surface area contributed by atoms with E-state index in [1.165, 1.54) is 51.4 Å². The lowest BCUT2D eigenvalue weighted by Crippen LogP contribution is -2.44. The van der Waals surface area contributed by atoms with E-state index in [4.69, 9.17) is 0 Å². The van der Waals surface area contributed by atoms with Crippen LogP contribution in [0.4, 0.5) is 0 Å². The molecule has 0 heterocycles. The molecule has 4 amide bonds. The van der Waals surface area contributed by atoms with E-state index in [0.29, 0.717) is 32.1 Å². The fourth-order valence-electron chi connectivity index (χ4n) is 6.39. The first-order valence-electron chi connectivity index (χ1n) is 19.9. The largest absolute Gasteiger partial charge is 0.507 e. The Morgan fingerprint density at radius 3 is 1.42 bits per heavy atom. The second-order valence-electron chi connectivity index (χ2n) is 14.3. The Morgan fingerprint density at radius 2 is 0.962 bits per heavy atom. The van der Waals surface area contributed by atoms with Gasteiger partial charge in [0.05, 0.1) is 11.1 Å². The lowest BCUT2D eigenvalue weighted by molar-refractivity contribution is -0.127. The summed E-state index contributed by atoms with van der Waals surface area (Å²) in [4.78, 5) is 51.0. The molecule has 2 atom stereocenters. The number of phenolic OH excluding ortho intramolecular Hbond substituents is 2. The smallest absolute Gasteiger partial charge is 0.273 e. The van der Waals surface area contributed by atoms with Crippen molar-refractivity contribution < 1.29 is 29.4 Å². The lowest BCUT2D eigenvalue weighted by atomic mass is 9.94. The highest BCUT2D eigenvalue weighted by molar-refractivity contribution is 5.98. The standard InChI is InChI=1S/C42H66N4O6/c1-5-8-10-12-14-16-22-32-25-27-35(37(47)29-32)41(51)45-43-39(49)31(4)21-18-19-24-34(20-7-3)40(50)44-46-42(52)36-28-26-33(30-38(36)48)23-17-15-13-11-9-6-2/h25-31,34,47-48H,5-24H2,1-4H3,(H,43,49)(H,44,50)(H,45,51)(H,46,52). The summed E-state index contributed by atoms with van der Waals surface area (Å²) in [5.41, 5.74) is 12.0. The van der Waals surface area contributed by atoms with Crippen LogP contribution in [-0.4, -0.2) is 33.8 Å². The van der Waals surface area contributed by atoms with Gasteiger partial charge in [0.25, 0.3) is 11.8 Å². The van der Waals surface area contributed by atoms with Crippen LogP contribution in [0, 0.1) is 11.8 Å². The predicted octanol–water partition coefficient (Wildman–Crippen LogP) is 8.74. The van der Waals surface area contributed by atoms with Crippen molar-refractivity contribution in [3.8, 4) is 11.5 Å². The fraction of sp³-hybridized carbons (Fsp3) is 0.619. The van der Waals surface area contributed by atoms with Crippen LogP contribution in [0.15, 0.2) is 36.4 Å². The maximum atomic E-state index is 12.9. The van der Waals surface area contributed by atoms with E-state index >= 15 is 0 Å². The molecule has 2 aromatic rings. The topological polar surface area (TPSA) is 157 Å². The van der Waals surface area contributed by atoms with Crippen molar-refractivity contribution in [2.24, 2.45) is 11.8 Å². The third kappa shape index (κ3) is 17.0. The molecule has 290 valence electrons. The first-order valence-corrected chi connectivity index (χ1v) is 19.9. The number of unbranched alkanes of at least 4 members (excludes halogenated alkanes) is 11. The number of carbonyl (C=O) groups is 4. The van der Waals surface area contributed by atoms with Crippen LogP contribution in [0.3, 0.4) is 0 Å². The number of amides is 4. The summed E-state index contributed by atoms with van der Waals surface area (Å²) >= 11 is 0. The highest BCUT2D eigenvalue weighted by atomic mass is 16.3. The Hall–Kier alpha value is -4.08. The molecular weight excluding hydrogens is 656 g/mol. The number of carbonyl (C=O) groups excluding carboxylic acids is 4. The summed E-state index contributed by atoms with van der Waals surface area (Å²) in [6.07, 6.45) is 19.9. The monoisotopic (exact) mass is 722 g/mol. The zero-order chi connectivity index (χ0) is 38.1. The van der Waals surface area contributed by atoms with Crippen LogP contribution in [0.1, 0.15) is 175 Å². The van der Waals surface area contributed by atoms with Crippen molar-refractivity contribution in [2.45, 2.75) is 156 Å². The predicted molar refractivity (Wildman–Crippen MR) is 208 cm³/mol. The van der Waals surface area contributed by atoms with Crippen LogP contribution < -0.4 is 21.7 Å². The quantitative estimate of drug-likeness (QED) is 0.0445. The third-order valence-corrected chi connectivity index (χ3v) is 9.75. The summed E-state index contributed by atoms with van der Waals surface area (Å²) in [7, 11) is 0. The number of hydrogen-bond donors (Lipinski definition) is 6.